The van der Waals surface area contributed by atoms with Crippen molar-refractivity contribution in [3.8, 4) is 0 Å². The Kier molecular flexibility index (Phi) is 6.09. The zero-order valence-electron chi connectivity index (χ0n) is 12.4. The van der Waals surface area contributed by atoms with E-state index >= 15 is 0 Å². The van der Waals surface area contributed by atoms with E-state index in [-0.39, 0.29) is 24.3 Å². The van der Waals surface area contributed by atoms with Crippen molar-refractivity contribution in [2.24, 2.45) is 5.92 Å². The molecule has 21 heavy (non-hydrogen) atoms. The van der Waals surface area contributed by atoms with E-state index in [2.05, 4.69) is 0 Å². The second-order valence-electron chi connectivity index (χ2n) is 5.21. The third-order valence-electron chi connectivity index (χ3n) is 3.09. The number of benzene rings is 1. The molecule has 5 heteroatoms. The quantitative estimate of drug-likeness (QED) is 0.820. The molecule has 0 saturated heterocycles. The summed E-state index contributed by atoms with van der Waals surface area (Å²) in [5.74, 6) is -2.16. The second-order valence-corrected chi connectivity index (χ2v) is 5.21. The van der Waals surface area contributed by atoms with Gasteiger partial charge in [0.05, 0.1) is 5.92 Å². The topological polar surface area (TPSA) is 57.6 Å². The zero-order chi connectivity index (χ0) is 16.0. The molecule has 0 aliphatic rings. The number of nitrogens with zero attached hydrogens (tertiary/aromatic N) is 1. The van der Waals surface area contributed by atoms with Crippen molar-refractivity contribution in [3.63, 3.8) is 0 Å². The van der Waals surface area contributed by atoms with Gasteiger partial charge < -0.3 is 10.0 Å². The van der Waals surface area contributed by atoms with Gasteiger partial charge in [-0.05, 0) is 37.6 Å². The lowest BCUT2D eigenvalue weighted by molar-refractivity contribution is -0.142. The fraction of sp³-hybridized carbons (Fsp3) is 0.375. The highest BCUT2D eigenvalue weighted by Crippen LogP contribution is 2.09. The number of carboxylic acid groups (broad SMARTS) is 1. The van der Waals surface area contributed by atoms with Gasteiger partial charge in [0, 0.05) is 18.7 Å². The van der Waals surface area contributed by atoms with Crippen molar-refractivity contribution in [1.82, 2.24) is 4.90 Å². The number of carboxylic acids is 1. The highest BCUT2D eigenvalue weighted by molar-refractivity contribution is 5.92. The van der Waals surface area contributed by atoms with Gasteiger partial charge in [0.1, 0.15) is 5.82 Å². The van der Waals surface area contributed by atoms with E-state index in [0.29, 0.717) is 5.56 Å². The zero-order valence-corrected chi connectivity index (χ0v) is 12.4. The third-order valence-corrected chi connectivity index (χ3v) is 3.09. The summed E-state index contributed by atoms with van der Waals surface area (Å²) >= 11 is 0. The second kappa shape index (κ2) is 7.57. The minimum absolute atomic E-state index is 0.0998. The Hall–Kier alpha value is -2.17. The first-order valence-corrected chi connectivity index (χ1v) is 6.78. The van der Waals surface area contributed by atoms with Crippen molar-refractivity contribution in [2.45, 2.75) is 26.8 Å². The molecule has 0 heterocycles. The Labute approximate surface area is 123 Å². The van der Waals surface area contributed by atoms with Crippen LogP contribution in [0.5, 0.6) is 0 Å². The molecule has 0 aromatic heterocycles. The van der Waals surface area contributed by atoms with Crippen LogP contribution in [-0.2, 0) is 9.59 Å². The summed E-state index contributed by atoms with van der Waals surface area (Å²) in [5, 5.41) is 8.94. The number of halogens is 1. The van der Waals surface area contributed by atoms with Gasteiger partial charge in [-0.1, -0.05) is 19.1 Å². The SMILES string of the molecule is CC(CN(C(=O)/C=C/c1ccc(F)cc1)C(C)C)C(=O)O. The van der Waals surface area contributed by atoms with Crippen LogP contribution >= 0.6 is 0 Å². The van der Waals surface area contributed by atoms with Gasteiger partial charge in [-0.2, -0.15) is 0 Å². The van der Waals surface area contributed by atoms with Crippen LogP contribution in [0.4, 0.5) is 4.39 Å². The maximum atomic E-state index is 12.8. The highest BCUT2D eigenvalue weighted by Gasteiger charge is 2.21. The average molecular weight is 293 g/mol. The number of aliphatic carboxylic acids is 1. The van der Waals surface area contributed by atoms with Crippen LogP contribution < -0.4 is 0 Å². The Morgan fingerprint density at radius 3 is 2.29 bits per heavy atom. The molecular weight excluding hydrogens is 273 g/mol. The fourth-order valence-corrected chi connectivity index (χ4v) is 1.77. The van der Waals surface area contributed by atoms with E-state index in [1.807, 2.05) is 13.8 Å². The molecule has 1 unspecified atom stereocenters. The molecule has 0 bridgehead atoms. The predicted octanol–water partition coefficient (Wildman–Crippen LogP) is 2.80. The summed E-state index contributed by atoms with van der Waals surface area (Å²) in [6.07, 6.45) is 2.96. The number of carbonyl (C=O) groups excluding carboxylic acids is 1. The molecule has 0 saturated carbocycles. The first-order valence-electron chi connectivity index (χ1n) is 6.78. The lowest BCUT2D eigenvalue weighted by Crippen LogP contribution is -2.40. The molecule has 1 aromatic rings. The lowest BCUT2D eigenvalue weighted by atomic mass is 10.1. The molecule has 4 nitrogen and oxygen atoms in total. The van der Waals surface area contributed by atoms with E-state index in [1.165, 1.54) is 23.1 Å². The molecule has 0 aliphatic carbocycles. The van der Waals surface area contributed by atoms with E-state index < -0.39 is 11.9 Å². The van der Waals surface area contributed by atoms with Crippen LogP contribution in [0.3, 0.4) is 0 Å². The molecule has 0 aliphatic heterocycles. The van der Waals surface area contributed by atoms with Crippen LogP contribution in [-0.4, -0.2) is 34.5 Å². The van der Waals surface area contributed by atoms with E-state index in [1.54, 1.807) is 25.1 Å². The number of carbonyl (C=O) groups is 2. The van der Waals surface area contributed by atoms with Gasteiger partial charge in [0.15, 0.2) is 0 Å². The molecule has 1 N–H and O–H groups in total. The molecule has 0 fully saturated rings. The van der Waals surface area contributed by atoms with Gasteiger partial charge >= 0.3 is 5.97 Å². The third kappa shape index (κ3) is 5.38. The van der Waals surface area contributed by atoms with Crippen LogP contribution in [0.25, 0.3) is 6.08 Å². The Bertz CT molecular complexity index is 523. The number of hydrogen-bond donors (Lipinski definition) is 1. The van der Waals surface area contributed by atoms with Crippen LogP contribution in [0.15, 0.2) is 30.3 Å². The number of hydrogen-bond acceptors (Lipinski definition) is 2. The van der Waals surface area contributed by atoms with Crippen molar-refractivity contribution in [1.29, 1.82) is 0 Å². The van der Waals surface area contributed by atoms with Crippen LogP contribution in [0, 0.1) is 11.7 Å². The lowest BCUT2D eigenvalue weighted by Gasteiger charge is -2.27. The molecule has 0 radical (unpaired) electrons. The van der Waals surface area contributed by atoms with Gasteiger partial charge in [0.2, 0.25) is 5.91 Å². The summed E-state index contributed by atoms with van der Waals surface area (Å²) in [6.45, 7) is 5.38. The summed E-state index contributed by atoms with van der Waals surface area (Å²) < 4.78 is 12.8. The summed E-state index contributed by atoms with van der Waals surface area (Å²) in [6, 6.07) is 5.67. The maximum Gasteiger partial charge on any atom is 0.308 e. The monoisotopic (exact) mass is 293 g/mol. The summed E-state index contributed by atoms with van der Waals surface area (Å²) in [4.78, 5) is 24.6. The molecule has 1 atom stereocenters. The van der Waals surface area contributed by atoms with Gasteiger partial charge in [-0.3, -0.25) is 9.59 Å². The molecular formula is C16H20FNO3. The molecule has 1 aromatic carbocycles. The average Bonchev–Trinajstić information content (AvgIpc) is 2.43. The number of rotatable bonds is 6. The Morgan fingerprint density at radius 1 is 1.24 bits per heavy atom. The minimum Gasteiger partial charge on any atom is -0.481 e. The minimum atomic E-state index is -0.934. The first-order chi connectivity index (χ1) is 9.81. The highest BCUT2D eigenvalue weighted by atomic mass is 19.1. The largest absolute Gasteiger partial charge is 0.481 e. The predicted molar refractivity (Wildman–Crippen MR) is 79.1 cm³/mol. The smallest absolute Gasteiger partial charge is 0.308 e. The van der Waals surface area contributed by atoms with Crippen molar-refractivity contribution >= 4 is 18.0 Å². The molecule has 114 valence electrons. The van der Waals surface area contributed by atoms with Crippen molar-refractivity contribution in [3.05, 3.63) is 41.7 Å². The van der Waals surface area contributed by atoms with E-state index in [9.17, 15) is 14.0 Å². The molecule has 1 amide bonds. The van der Waals surface area contributed by atoms with Gasteiger partial charge in [-0.15, -0.1) is 0 Å². The first kappa shape index (κ1) is 16.9. The summed E-state index contributed by atoms with van der Waals surface area (Å²) in [5.41, 5.74) is 0.708. The van der Waals surface area contributed by atoms with Crippen molar-refractivity contribution < 1.29 is 19.1 Å². The Balaban J connectivity index is 2.77. The number of amides is 1. The fourth-order valence-electron chi connectivity index (χ4n) is 1.77. The standard InChI is InChI=1S/C16H20FNO3/c1-11(2)18(10-12(3)16(20)21)15(19)9-6-13-4-7-14(17)8-5-13/h4-9,11-12H,10H2,1-3H3,(H,20,21)/b9-6+. The normalized spacial score (nSPS) is 12.6. The molecule has 0 spiro atoms. The summed E-state index contributed by atoms with van der Waals surface area (Å²) in [7, 11) is 0. The van der Waals surface area contributed by atoms with Gasteiger partial charge in [-0.25, -0.2) is 4.39 Å². The van der Waals surface area contributed by atoms with Crippen LogP contribution in [0.2, 0.25) is 0 Å². The van der Waals surface area contributed by atoms with Crippen molar-refractivity contribution in [2.75, 3.05) is 6.54 Å². The van der Waals surface area contributed by atoms with E-state index in [0.717, 1.165) is 0 Å². The maximum absolute atomic E-state index is 12.8. The molecule has 1 rings (SSSR count). The Morgan fingerprint density at radius 2 is 1.81 bits per heavy atom. The van der Waals surface area contributed by atoms with Crippen LogP contribution in [0.1, 0.15) is 26.3 Å². The van der Waals surface area contributed by atoms with Gasteiger partial charge in [0.25, 0.3) is 0 Å². The van der Waals surface area contributed by atoms with E-state index in [4.69, 9.17) is 5.11 Å².